The van der Waals surface area contributed by atoms with E-state index in [-0.39, 0.29) is 30.3 Å². The lowest BCUT2D eigenvalue weighted by Gasteiger charge is -2.33. The van der Waals surface area contributed by atoms with Gasteiger partial charge in [0.2, 0.25) is 5.91 Å². The third-order valence-electron chi connectivity index (χ3n) is 4.69. The van der Waals surface area contributed by atoms with Gasteiger partial charge in [0.15, 0.2) is 0 Å². The van der Waals surface area contributed by atoms with Gasteiger partial charge in [-0.15, -0.1) is 0 Å². The van der Waals surface area contributed by atoms with Gasteiger partial charge in [-0.05, 0) is 42.9 Å². The average Bonchev–Trinajstić information content (AvgIpc) is 3.33. The molecule has 0 radical (unpaired) electrons. The lowest BCUT2D eigenvalue weighted by molar-refractivity contribution is -0.148. The minimum atomic E-state index is -0.989. The van der Waals surface area contributed by atoms with Crippen LogP contribution in [-0.2, 0) is 14.3 Å². The van der Waals surface area contributed by atoms with Crippen molar-refractivity contribution < 1.29 is 19.4 Å². The first kappa shape index (κ1) is 17.5. The summed E-state index contributed by atoms with van der Waals surface area (Å²) in [6.45, 7) is 0.859. The van der Waals surface area contributed by atoms with E-state index < -0.39 is 5.97 Å². The number of carbonyl (C=O) groups excluding carboxylic acids is 1. The Hall–Kier alpha value is -1.30. The molecule has 2 atom stereocenters. The highest BCUT2D eigenvalue weighted by Crippen LogP contribution is 2.51. The Morgan fingerprint density at radius 3 is 2.58 bits per heavy atom. The van der Waals surface area contributed by atoms with E-state index in [1.54, 1.807) is 12.1 Å². The molecule has 1 amide bonds. The van der Waals surface area contributed by atoms with Gasteiger partial charge in [0.1, 0.15) is 6.54 Å². The van der Waals surface area contributed by atoms with E-state index in [2.05, 4.69) is 0 Å². The van der Waals surface area contributed by atoms with Crippen molar-refractivity contribution in [3.05, 3.63) is 33.8 Å². The predicted molar refractivity (Wildman–Crippen MR) is 90.5 cm³/mol. The molecule has 1 aromatic rings. The highest BCUT2D eigenvalue weighted by atomic mass is 35.5. The Morgan fingerprint density at radius 2 is 1.96 bits per heavy atom. The van der Waals surface area contributed by atoms with Crippen molar-refractivity contribution in [2.24, 2.45) is 5.92 Å². The van der Waals surface area contributed by atoms with E-state index >= 15 is 0 Å². The highest BCUT2D eigenvalue weighted by Gasteiger charge is 2.48. The van der Waals surface area contributed by atoms with Crippen LogP contribution in [0.2, 0.25) is 10.0 Å². The molecular weight excluding hydrogens is 353 g/mol. The third kappa shape index (κ3) is 3.85. The fourth-order valence-corrected chi connectivity index (χ4v) is 3.90. The topological polar surface area (TPSA) is 66.8 Å². The van der Waals surface area contributed by atoms with E-state index in [4.69, 9.17) is 33.0 Å². The van der Waals surface area contributed by atoms with Gasteiger partial charge in [-0.25, -0.2) is 0 Å². The third-order valence-corrected chi connectivity index (χ3v) is 5.25. The fraction of sp³-hybridized carbons (Fsp3) is 0.529. The predicted octanol–water partition coefficient (Wildman–Crippen LogP) is 3.19. The van der Waals surface area contributed by atoms with Crippen LogP contribution in [0.1, 0.15) is 30.7 Å². The lowest BCUT2D eigenvalue weighted by atomic mass is 10.0. The van der Waals surface area contributed by atoms with Crippen LogP contribution in [0.4, 0.5) is 0 Å². The maximum absolute atomic E-state index is 12.9. The molecule has 1 saturated carbocycles. The maximum Gasteiger partial charge on any atom is 0.323 e. The molecule has 24 heavy (non-hydrogen) atoms. The molecule has 0 spiro atoms. The molecule has 1 aliphatic heterocycles. The molecule has 2 fully saturated rings. The van der Waals surface area contributed by atoms with Crippen molar-refractivity contribution in [2.75, 3.05) is 19.8 Å². The molecule has 0 aromatic heterocycles. The maximum atomic E-state index is 12.9. The summed E-state index contributed by atoms with van der Waals surface area (Å²) in [5.74, 6) is -1.25. The Bertz CT molecular complexity index is 645. The first-order valence-corrected chi connectivity index (χ1v) is 8.78. The molecule has 1 aromatic carbocycles. The zero-order valence-electron chi connectivity index (χ0n) is 13.1. The van der Waals surface area contributed by atoms with Crippen LogP contribution in [0, 0.1) is 5.92 Å². The van der Waals surface area contributed by atoms with E-state index in [9.17, 15) is 9.59 Å². The number of halogens is 2. The summed E-state index contributed by atoms with van der Waals surface area (Å²) < 4.78 is 5.31. The molecule has 3 rings (SSSR count). The summed E-state index contributed by atoms with van der Waals surface area (Å²) in [6, 6.07) is 5.21. The van der Waals surface area contributed by atoms with E-state index in [1.165, 1.54) is 4.90 Å². The zero-order valence-corrected chi connectivity index (χ0v) is 14.6. The Balaban J connectivity index is 1.72. The summed E-state index contributed by atoms with van der Waals surface area (Å²) in [4.78, 5) is 25.6. The quantitative estimate of drug-likeness (QED) is 0.862. The Kier molecular flexibility index (Phi) is 5.33. The van der Waals surface area contributed by atoms with Gasteiger partial charge in [0.25, 0.3) is 0 Å². The van der Waals surface area contributed by atoms with Crippen LogP contribution < -0.4 is 0 Å². The lowest BCUT2D eigenvalue weighted by Crippen LogP contribution is -2.46. The molecule has 7 heteroatoms. The normalized spacial score (nSPS) is 23.8. The second-order valence-electron chi connectivity index (χ2n) is 6.32. The summed E-state index contributed by atoms with van der Waals surface area (Å²) in [5.41, 5.74) is 0.904. The van der Waals surface area contributed by atoms with Gasteiger partial charge in [0, 0.05) is 35.2 Å². The zero-order chi connectivity index (χ0) is 17.3. The molecule has 130 valence electrons. The van der Waals surface area contributed by atoms with Crippen LogP contribution in [0.25, 0.3) is 0 Å². The molecule has 1 saturated heterocycles. The summed E-state index contributed by atoms with van der Waals surface area (Å²) in [7, 11) is 0. The molecule has 1 N–H and O–H groups in total. The molecule has 0 bridgehead atoms. The molecule has 1 heterocycles. The number of hydrogen-bond donors (Lipinski definition) is 1. The monoisotopic (exact) mass is 371 g/mol. The molecular formula is C17H19Cl2NO4. The minimum absolute atomic E-state index is 0.0402. The van der Waals surface area contributed by atoms with Crippen molar-refractivity contribution >= 4 is 35.1 Å². The van der Waals surface area contributed by atoms with Crippen LogP contribution in [0.3, 0.4) is 0 Å². The van der Waals surface area contributed by atoms with Gasteiger partial charge in [-0.2, -0.15) is 0 Å². The molecule has 2 unspecified atom stereocenters. The minimum Gasteiger partial charge on any atom is -0.480 e. The Labute approximate surface area is 150 Å². The van der Waals surface area contributed by atoms with Crippen LogP contribution in [-0.4, -0.2) is 47.7 Å². The number of carboxylic acid groups (broad SMARTS) is 1. The van der Waals surface area contributed by atoms with Crippen LogP contribution in [0.15, 0.2) is 18.2 Å². The van der Waals surface area contributed by atoms with Gasteiger partial charge in [-0.1, -0.05) is 29.3 Å². The second-order valence-corrected chi connectivity index (χ2v) is 7.16. The van der Waals surface area contributed by atoms with Crippen molar-refractivity contribution in [2.45, 2.75) is 31.2 Å². The van der Waals surface area contributed by atoms with Crippen molar-refractivity contribution in [3.8, 4) is 0 Å². The first-order chi connectivity index (χ1) is 11.5. The van der Waals surface area contributed by atoms with Gasteiger partial charge >= 0.3 is 5.97 Å². The van der Waals surface area contributed by atoms with E-state index in [0.29, 0.717) is 42.5 Å². The number of nitrogens with zero attached hydrogens (tertiary/aromatic N) is 1. The SMILES string of the molecule is O=C(O)CN(C(=O)C1CC1c1ccc(Cl)cc1Cl)C1CCOCC1. The number of hydrogen-bond acceptors (Lipinski definition) is 3. The molecule has 5 nitrogen and oxygen atoms in total. The first-order valence-electron chi connectivity index (χ1n) is 8.02. The molecule has 2 aliphatic rings. The van der Waals surface area contributed by atoms with Crippen LogP contribution >= 0.6 is 23.2 Å². The number of carboxylic acids is 1. The largest absolute Gasteiger partial charge is 0.480 e. The second kappa shape index (κ2) is 7.30. The van der Waals surface area contributed by atoms with E-state index in [0.717, 1.165) is 5.56 Å². The number of carbonyl (C=O) groups is 2. The van der Waals surface area contributed by atoms with Crippen molar-refractivity contribution in [3.63, 3.8) is 0 Å². The highest BCUT2D eigenvalue weighted by molar-refractivity contribution is 6.35. The Morgan fingerprint density at radius 1 is 1.25 bits per heavy atom. The van der Waals surface area contributed by atoms with Crippen molar-refractivity contribution in [1.82, 2.24) is 4.90 Å². The average molecular weight is 372 g/mol. The smallest absolute Gasteiger partial charge is 0.323 e. The summed E-state index contributed by atoms with van der Waals surface area (Å²) >= 11 is 12.1. The summed E-state index contributed by atoms with van der Waals surface area (Å²) in [5, 5.41) is 10.3. The number of benzene rings is 1. The van der Waals surface area contributed by atoms with E-state index in [1.807, 2.05) is 6.07 Å². The number of aliphatic carboxylic acids is 1. The van der Waals surface area contributed by atoms with Gasteiger partial charge < -0.3 is 14.7 Å². The van der Waals surface area contributed by atoms with Gasteiger partial charge in [0.05, 0.1) is 0 Å². The number of amides is 1. The number of ether oxygens (including phenoxy) is 1. The van der Waals surface area contributed by atoms with Crippen molar-refractivity contribution in [1.29, 1.82) is 0 Å². The molecule has 1 aliphatic carbocycles. The summed E-state index contributed by atoms with van der Waals surface area (Å²) in [6.07, 6.45) is 2.05. The standard InChI is InChI=1S/C17H19Cl2NO4/c18-10-1-2-12(15(19)7-10)13-8-14(13)17(23)20(9-16(21)22)11-3-5-24-6-4-11/h1-2,7,11,13-14H,3-6,8-9H2,(H,21,22). The fourth-order valence-electron chi connectivity index (χ4n) is 3.36. The van der Waals surface area contributed by atoms with Crippen LogP contribution in [0.5, 0.6) is 0 Å². The van der Waals surface area contributed by atoms with Gasteiger partial charge in [-0.3, -0.25) is 9.59 Å². The number of rotatable bonds is 5.